The molecule has 0 radical (unpaired) electrons. The molecule has 2 bridgehead atoms. The molecule has 3 rings (SSSR count). The molecule has 0 spiro atoms. The molecule has 0 aromatic rings. The van der Waals surface area contributed by atoms with Crippen molar-refractivity contribution in [2.75, 3.05) is 13.2 Å². The van der Waals surface area contributed by atoms with E-state index in [1.54, 1.807) is 0 Å². The topological polar surface area (TPSA) is 38.7 Å². The summed E-state index contributed by atoms with van der Waals surface area (Å²) < 4.78 is 5.43. The lowest BCUT2D eigenvalue weighted by Crippen LogP contribution is -2.37. The molecule has 6 atom stereocenters. The first-order valence-corrected chi connectivity index (χ1v) is 5.31. The zero-order valence-corrected chi connectivity index (χ0v) is 7.98. The van der Waals surface area contributed by atoms with Gasteiger partial charge in [-0.2, -0.15) is 4.91 Å². The lowest BCUT2D eigenvalue weighted by atomic mass is 9.79. The van der Waals surface area contributed by atoms with E-state index in [1.807, 2.05) is 0 Å². The largest absolute Gasteiger partial charge is 0.381 e. The molecule has 3 fully saturated rings. The molecule has 2 aliphatic carbocycles. The van der Waals surface area contributed by atoms with E-state index >= 15 is 0 Å². The summed E-state index contributed by atoms with van der Waals surface area (Å²) in [5, 5.41) is 3.15. The molecule has 3 aliphatic rings. The summed E-state index contributed by atoms with van der Waals surface area (Å²) in [6.45, 7) is 1.67. The Morgan fingerprint density at radius 2 is 1.85 bits per heavy atom. The maximum absolute atomic E-state index is 10.6. The van der Waals surface area contributed by atoms with E-state index in [0.29, 0.717) is 23.7 Å². The maximum Gasteiger partial charge on any atom is 0.112 e. The van der Waals surface area contributed by atoms with E-state index in [-0.39, 0.29) is 11.4 Å². The summed E-state index contributed by atoms with van der Waals surface area (Å²) in [5.74, 6) is 2.09. The number of nitrogens with zero attached hydrogens (tertiary/aromatic N) is 1. The van der Waals surface area contributed by atoms with Gasteiger partial charge in [-0.05, 0) is 30.1 Å². The highest BCUT2D eigenvalue weighted by atomic mass is 35.5. The fourth-order valence-corrected chi connectivity index (χ4v) is 4.04. The van der Waals surface area contributed by atoms with Gasteiger partial charge in [-0.25, -0.2) is 0 Å². The van der Waals surface area contributed by atoms with Gasteiger partial charge in [0.05, 0.1) is 18.6 Å². The van der Waals surface area contributed by atoms with E-state index in [1.165, 1.54) is 0 Å². The fraction of sp³-hybridized carbons (Fsp3) is 1.00. The van der Waals surface area contributed by atoms with E-state index < -0.39 is 0 Å². The van der Waals surface area contributed by atoms with E-state index in [0.717, 1.165) is 19.6 Å². The van der Waals surface area contributed by atoms with Crippen molar-refractivity contribution in [1.29, 1.82) is 0 Å². The van der Waals surface area contributed by atoms with Crippen molar-refractivity contribution in [2.24, 2.45) is 28.8 Å². The first kappa shape index (κ1) is 8.18. The highest BCUT2D eigenvalue weighted by Gasteiger charge is 2.60. The summed E-state index contributed by atoms with van der Waals surface area (Å²) in [5.41, 5.74) is 0. The van der Waals surface area contributed by atoms with Crippen LogP contribution >= 0.6 is 11.6 Å². The van der Waals surface area contributed by atoms with Crippen LogP contribution in [0.15, 0.2) is 5.18 Å². The highest BCUT2D eigenvalue weighted by Crippen LogP contribution is 2.57. The van der Waals surface area contributed by atoms with Crippen molar-refractivity contribution >= 4 is 11.6 Å². The zero-order valence-electron chi connectivity index (χ0n) is 7.23. The van der Waals surface area contributed by atoms with Gasteiger partial charge in [0.25, 0.3) is 0 Å². The Kier molecular flexibility index (Phi) is 1.68. The van der Waals surface area contributed by atoms with Crippen LogP contribution in [0.4, 0.5) is 0 Å². The Balaban J connectivity index is 1.91. The molecule has 0 aromatic carbocycles. The molecule has 0 N–H and O–H groups in total. The van der Waals surface area contributed by atoms with Crippen LogP contribution in [0.3, 0.4) is 0 Å². The van der Waals surface area contributed by atoms with Crippen molar-refractivity contribution in [3.8, 4) is 0 Å². The summed E-state index contributed by atoms with van der Waals surface area (Å²) in [6, 6.07) is -0.144. The third kappa shape index (κ3) is 0.895. The Morgan fingerprint density at radius 3 is 2.54 bits per heavy atom. The van der Waals surface area contributed by atoms with Crippen LogP contribution in [0.25, 0.3) is 0 Å². The van der Waals surface area contributed by atoms with Crippen LogP contribution in [0, 0.1) is 28.6 Å². The average molecular weight is 202 g/mol. The molecule has 1 saturated heterocycles. The molecule has 4 heteroatoms. The van der Waals surface area contributed by atoms with Crippen LogP contribution in [-0.4, -0.2) is 24.6 Å². The number of fused-ring (bicyclic) bond motifs is 5. The smallest absolute Gasteiger partial charge is 0.112 e. The number of halogens is 1. The van der Waals surface area contributed by atoms with E-state index in [4.69, 9.17) is 16.3 Å². The van der Waals surface area contributed by atoms with Crippen LogP contribution in [0.5, 0.6) is 0 Å². The molecule has 2 saturated carbocycles. The summed E-state index contributed by atoms with van der Waals surface area (Å²) >= 11 is 6.19. The van der Waals surface area contributed by atoms with Crippen LogP contribution in [0.1, 0.15) is 6.42 Å². The number of ether oxygens (including phenoxy) is 1. The Bertz CT molecular complexity index is 248. The maximum atomic E-state index is 10.6. The van der Waals surface area contributed by atoms with Gasteiger partial charge in [0.1, 0.15) is 6.04 Å². The van der Waals surface area contributed by atoms with E-state index in [9.17, 15) is 4.91 Å². The zero-order chi connectivity index (χ0) is 9.00. The third-order valence-corrected chi connectivity index (χ3v) is 4.69. The Labute approximate surface area is 81.8 Å². The minimum Gasteiger partial charge on any atom is -0.381 e. The van der Waals surface area contributed by atoms with Gasteiger partial charge in [0.15, 0.2) is 0 Å². The summed E-state index contributed by atoms with van der Waals surface area (Å²) in [4.78, 5) is 10.6. The monoisotopic (exact) mass is 201 g/mol. The fourth-order valence-electron chi connectivity index (χ4n) is 3.52. The van der Waals surface area contributed by atoms with Crippen LogP contribution < -0.4 is 0 Å². The molecule has 0 amide bonds. The van der Waals surface area contributed by atoms with Crippen molar-refractivity contribution < 1.29 is 4.74 Å². The second-order valence-electron chi connectivity index (χ2n) is 4.47. The summed E-state index contributed by atoms with van der Waals surface area (Å²) in [7, 11) is 0. The molecule has 72 valence electrons. The quantitative estimate of drug-likeness (QED) is 0.478. The average Bonchev–Trinajstić information content (AvgIpc) is 2.71. The van der Waals surface area contributed by atoms with Crippen molar-refractivity contribution in [1.82, 2.24) is 0 Å². The number of hydrogen-bond acceptors (Lipinski definition) is 3. The van der Waals surface area contributed by atoms with Crippen LogP contribution in [0.2, 0.25) is 0 Å². The predicted octanol–water partition coefficient (Wildman–Crippen LogP) is 1.64. The van der Waals surface area contributed by atoms with Gasteiger partial charge in [-0.1, -0.05) is 5.18 Å². The molecule has 0 aromatic heterocycles. The highest BCUT2D eigenvalue weighted by molar-refractivity contribution is 6.21. The number of hydrogen-bond donors (Lipinski definition) is 0. The number of nitroso groups, excluding NO2 is 1. The normalized spacial score (nSPS) is 58.2. The predicted molar refractivity (Wildman–Crippen MR) is 48.6 cm³/mol. The number of alkyl halides is 1. The van der Waals surface area contributed by atoms with Crippen molar-refractivity contribution in [3.05, 3.63) is 4.91 Å². The van der Waals surface area contributed by atoms with Gasteiger partial charge < -0.3 is 4.74 Å². The second kappa shape index (κ2) is 2.67. The van der Waals surface area contributed by atoms with Gasteiger partial charge >= 0.3 is 0 Å². The number of rotatable bonds is 1. The molecule has 3 nitrogen and oxygen atoms in total. The minimum absolute atomic E-state index is 0.0227. The molecule has 13 heavy (non-hydrogen) atoms. The first-order valence-electron chi connectivity index (χ1n) is 4.87. The minimum atomic E-state index is -0.144. The van der Waals surface area contributed by atoms with Gasteiger partial charge in [-0.3, -0.25) is 0 Å². The SMILES string of the molecule is O=N[C@H]1[C@@H](Cl)[C@@H]2C[C@H]1[C@H]1COC[C@@H]12. The van der Waals surface area contributed by atoms with E-state index in [2.05, 4.69) is 5.18 Å². The molecular weight excluding hydrogens is 190 g/mol. The van der Waals surface area contributed by atoms with Gasteiger partial charge in [0.2, 0.25) is 0 Å². The third-order valence-electron chi connectivity index (χ3n) is 4.11. The molecular formula is C9H12ClNO2. The Morgan fingerprint density at radius 1 is 1.15 bits per heavy atom. The molecule has 0 unspecified atom stereocenters. The second-order valence-corrected chi connectivity index (χ2v) is 4.97. The summed E-state index contributed by atoms with van der Waals surface area (Å²) in [6.07, 6.45) is 1.10. The Hall–Kier alpha value is -0.150. The molecule has 1 aliphatic heterocycles. The van der Waals surface area contributed by atoms with Crippen LogP contribution in [-0.2, 0) is 4.74 Å². The van der Waals surface area contributed by atoms with Crippen molar-refractivity contribution in [3.63, 3.8) is 0 Å². The standard InChI is InChI=1S/C9H12ClNO2/c10-8-4-1-5(9(8)11-12)7-3-13-2-6(4)7/h4-9H,1-3H2/t4-,5+,6-,7-,8+,9-/m1/s1. The van der Waals surface area contributed by atoms with Gasteiger partial charge in [-0.15, -0.1) is 11.6 Å². The molecule has 1 heterocycles. The lowest BCUT2D eigenvalue weighted by Gasteiger charge is -2.29. The van der Waals surface area contributed by atoms with Crippen molar-refractivity contribution in [2.45, 2.75) is 17.8 Å². The lowest BCUT2D eigenvalue weighted by molar-refractivity contribution is 0.163. The van der Waals surface area contributed by atoms with Gasteiger partial charge in [0, 0.05) is 0 Å². The first-order chi connectivity index (χ1) is 6.33.